The largest absolute Gasteiger partial charge is 0.512 e. The minimum absolute atomic E-state index is 0.0861. The zero-order valence-electron chi connectivity index (χ0n) is 19.9. The molecule has 0 spiro atoms. The van der Waals surface area contributed by atoms with Crippen LogP contribution in [0.4, 0.5) is 0 Å². The molecule has 5 nitrogen and oxygen atoms in total. The summed E-state index contributed by atoms with van der Waals surface area (Å²) >= 11 is 12.5. The van der Waals surface area contributed by atoms with E-state index in [2.05, 4.69) is 5.32 Å². The Labute approximate surface area is 220 Å². The number of aryl methyl sites for hydroxylation is 1. The molecule has 1 heterocycles. The number of rotatable bonds is 7. The number of benzene rings is 3. The second-order valence-corrected chi connectivity index (χ2v) is 10.1. The van der Waals surface area contributed by atoms with Gasteiger partial charge in [0.15, 0.2) is 0 Å². The van der Waals surface area contributed by atoms with Gasteiger partial charge in [0.2, 0.25) is 0 Å². The van der Waals surface area contributed by atoms with Crippen LogP contribution in [0, 0.1) is 6.92 Å². The maximum Gasteiger partial charge on any atom is 0.251 e. The molecule has 3 aromatic rings. The molecular weight excluding hydrogens is 497 g/mol. The monoisotopic (exact) mass is 523 g/mol. The number of ether oxygens (including phenoxy) is 2. The molecule has 0 bridgehead atoms. The van der Waals surface area contributed by atoms with Gasteiger partial charge in [0.05, 0.1) is 17.4 Å². The summed E-state index contributed by atoms with van der Waals surface area (Å²) < 4.78 is 12.0. The smallest absolute Gasteiger partial charge is 0.251 e. The van der Waals surface area contributed by atoms with Crippen molar-refractivity contribution in [3.8, 4) is 17.2 Å². The van der Waals surface area contributed by atoms with E-state index in [0.717, 1.165) is 47.9 Å². The van der Waals surface area contributed by atoms with Crippen molar-refractivity contribution in [3.05, 3.63) is 98.2 Å². The second kappa shape index (κ2) is 10.5. The average molecular weight is 524 g/mol. The number of aliphatic hydroxyl groups excluding tert-OH is 1. The SMILES string of the molecule is Cc1cc(C(=O)NCCc2ccc(Cl)cc2)ccc1Oc1cc2c(cc1Cl)C(C(O)=C1CC1)CCO2. The Balaban J connectivity index is 1.26. The molecule has 5 rings (SSSR count). The van der Waals surface area contributed by atoms with Crippen LogP contribution in [0.1, 0.15) is 52.2 Å². The van der Waals surface area contributed by atoms with E-state index in [4.69, 9.17) is 32.7 Å². The van der Waals surface area contributed by atoms with Crippen LogP contribution in [0.15, 0.2) is 65.9 Å². The number of allylic oxidation sites excluding steroid dienone is 2. The number of hydrogen-bond acceptors (Lipinski definition) is 4. The van der Waals surface area contributed by atoms with Crippen molar-refractivity contribution in [2.75, 3.05) is 13.2 Å². The summed E-state index contributed by atoms with van der Waals surface area (Å²) in [6, 6.07) is 16.5. The number of halogens is 2. The lowest BCUT2D eigenvalue weighted by Crippen LogP contribution is -2.25. The lowest BCUT2D eigenvalue weighted by atomic mass is 9.90. The topological polar surface area (TPSA) is 67.8 Å². The van der Waals surface area contributed by atoms with E-state index in [1.807, 2.05) is 37.3 Å². The first kappa shape index (κ1) is 24.5. The maximum absolute atomic E-state index is 12.6. The molecule has 3 aromatic carbocycles. The fourth-order valence-electron chi connectivity index (χ4n) is 4.41. The Morgan fingerprint density at radius 1 is 1.08 bits per heavy atom. The van der Waals surface area contributed by atoms with Crippen molar-refractivity contribution >= 4 is 29.1 Å². The predicted octanol–water partition coefficient (Wildman–Crippen LogP) is 7.54. The number of nitrogens with one attached hydrogen (secondary N) is 1. The highest BCUT2D eigenvalue weighted by molar-refractivity contribution is 6.32. The van der Waals surface area contributed by atoms with Crippen molar-refractivity contribution in [1.29, 1.82) is 0 Å². The van der Waals surface area contributed by atoms with E-state index in [1.165, 1.54) is 0 Å². The first-order valence-electron chi connectivity index (χ1n) is 12.1. The molecule has 1 unspecified atom stereocenters. The normalized spacial score (nSPS) is 16.1. The molecule has 1 atom stereocenters. The predicted molar refractivity (Wildman–Crippen MR) is 142 cm³/mol. The summed E-state index contributed by atoms with van der Waals surface area (Å²) in [5.74, 6) is 1.98. The van der Waals surface area contributed by atoms with E-state index in [9.17, 15) is 9.90 Å². The Kier molecular flexibility index (Phi) is 7.13. The van der Waals surface area contributed by atoms with Crippen LogP contribution in [-0.2, 0) is 6.42 Å². The minimum atomic E-state index is -0.144. The molecule has 1 amide bonds. The Bertz CT molecular complexity index is 1330. The molecule has 1 aliphatic carbocycles. The molecule has 0 saturated heterocycles. The molecular formula is C29H27Cl2NO4. The van der Waals surface area contributed by atoms with Gasteiger partial charge in [-0.15, -0.1) is 0 Å². The van der Waals surface area contributed by atoms with Gasteiger partial charge in [-0.25, -0.2) is 0 Å². The highest BCUT2D eigenvalue weighted by Crippen LogP contribution is 2.46. The Morgan fingerprint density at radius 3 is 2.58 bits per heavy atom. The standard InChI is InChI=1S/C29H27Cl2NO4/c1-17-14-20(29(34)32-12-10-18-2-7-21(30)8-3-18)6-9-25(17)36-27-16-26-23(15-24(27)31)22(11-13-35-26)28(33)19-4-5-19/h2-3,6-9,14-16,22,33H,4-5,10-13H2,1H3,(H,32,34). The molecule has 1 aliphatic heterocycles. The quantitative estimate of drug-likeness (QED) is 0.314. The number of amides is 1. The summed E-state index contributed by atoms with van der Waals surface area (Å²) in [7, 11) is 0. The molecule has 0 radical (unpaired) electrons. The number of fused-ring (bicyclic) bond motifs is 1. The van der Waals surface area contributed by atoms with Crippen LogP contribution in [-0.4, -0.2) is 24.2 Å². The second-order valence-electron chi connectivity index (χ2n) is 9.21. The Morgan fingerprint density at radius 2 is 1.86 bits per heavy atom. The third-order valence-electron chi connectivity index (χ3n) is 6.57. The molecule has 7 heteroatoms. The van der Waals surface area contributed by atoms with E-state index in [1.54, 1.807) is 24.3 Å². The first-order valence-corrected chi connectivity index (χ1v) is 12.8. The van der Waals surface area contributed by atoms with E-state index in [0.29, 0.717) is 51.8 Å². The summed E-state index contributed by atoms with van der Waals surface area (Å²) in [6.07, 6.45) is 3.37. The average Bonchev–Trinajstić information content (AvgIpc) is 3.72. The maximum atomic E-state index is 12.6. The van der Waals surface area contributed by atoms with Crippen LogP contribution in [0.3, 0.4) is 0 Å². The highest BCUT2D eigenvalue weighted by Gasteiger charge is 2.31. The zero-order valence-corrected chi connectivity index (χ0v) is 21.5. The third-order valence-corrected chi connectivity index (χ3v) is 7.11. The minimum Gasteiger partial charge on any atom is -0.512 e. The van der Waals surface area contributed by atoms with Gasteiger partial charge in [0, 0.05) is 34.7 Å². The van der Waals surface area contributed by atoms with Gasteiger partial charge in [-0.2, -0.15) is 0 Å². The van der Waals surface area contributed by atoms with Gasteiger partial charge in [-0.05, 0) is 85.7 Å². The zero-order chi connectivity index (χ0) is 25.2. The van der Waals surface area contributed by atoms with Gasteiger partial charge in [-0.1, -0.05) is 35.3 Å². The molecule has 186 valence electrons. The molecule has 1 saturated carbocycles. The van der Waals surface area contributed by atoms with Crippen LogP contribution in [0.25, 0.3) is 0 Å². The fraction of sp³-hybridized carbons (Fsp3) is 0.276. The molecule has 2 aliphatic rings. The number of carbonyl (C=O) groups excluding carboxylic acids is 1. The van der Waals surface area contributed by atoms with Crippen molar-refractivity contribution in [3.63, 3.8) is 0 Å². The van der Waals surface area contributed by atoms with E-state index < -0.39 is 0 Å². The van der Waals surface area contributed by atoms with Gasteiger partial charge < -0.3 is 19.9 Å². The summed E-state index contributed by atoms with van der Waals surface area (Å²) in [5.41, 5.74) is 4.48. The number of hydrogen-bond donors (Lipinski definition) is 2. The van der Waals surface area contributed by atoms with Crippen molar-refractivity contribution in [2.24, 2.45) is 0 Å². The highest BCUT2D eigenvalue weighted by atomic mass is 35.5. The lowest BCUT2D eigenvalue weighted by molar-refractivity contribution is 0.0954. The van der Waals surface area contributed by atoms with E-state index in [-0.39, 0.29) is 11.8 Å². The molecule has 1 fully saturated rings. The number of aliphatic hydroxyl groups is 1. The van der Waals surface area contributed by atoms with E-state index >= 15 is 0 Å². The van der Waals surface area contributed by atoms with Crippen molar-refractivity contribution in [2.45, 2.75) is 38.5 Å². The summed E-state index contributed by atoms with van der Waals surface area (Å²) in [6.45, 7) is 2.94. The van der Waals surface area contributed by atoms with Crippen LogP contribution >= 0.6 is 23.2 Å². The van der Waals surface area contributed by atoms with Gasteiger partial charge >= 0.3 is 0 Å². The summed E-state index contributed by atoms with van der Waals surface area (Å²) in [5, 5.41) is 14.7. The van der Waals surface area contributed by atoms with Gasteiger partial charge in [0.25, 0.3) is 5.91 Å². The first-order chi connectivity index (χ1) is 17.4. The summed E-state index contributed by atoms with van der Waals surface area (Å²) in [4.78, 5) is 12.6. The molecule has 2 N–H and O–H groups in total. The fourth-order valence-corrected chi connectivity index (χ4v) is 4.75. The number of carbonyl (C=O) groups is 1. The third kappa shape index (κ3) is 5.48. The van der Waals surface area contributed by atoms with Gasteiger partial charge in [0.1, 0.15) is 17.2 Å². The molecule has 36 heavy (non-hydrogen) atoms. The molecule has 0 aromatic heterocycles. The van der Waals surface area contributed by atoms with Gasteiger partial charge in [-0.3, -0.25) is 4.79 Å². The Hall–Kier alpha value is -3.15. The van der Waals surface area contributed by atoms with Crippen molar-refractivity contribution in [1.82, 2.24) is 5.32 Å². The van der Waals surface area contributed by atoms with Crippen LogP contribution in [0.2, 0.25) is 10.0 Å². The van der Waals surface area contributed by atoms with Crippen molar-refractivity contribution < 1.29 is 19.4 Å². The van der Waals surface area contributed by atoms with Crippen LogP contribution in [0.5, 0.6) is 17.2 Å². The lowest BCUT2D eigenvalue weighted by Gasteiger charge is -2.26. The van der Waals surface area contributed by atoms with Crippen LogP contribution < -0.4 is 14.8 Å².